The van der Waals surface area contributed by atoms with Crippen LogP contribution in [0.4, 0.5) is 4.79 Å². The lowest BCUT2D eigenvalue weighted by Crippen LogP contribution is -2.29. The summed E-state index contributed by atoms with van der Waals surface area (Å²) in [6.45, 7) is 9.69. The lowest BCUT2D eigenvalue weighted by atomic mass is 9.91. The second-order valence-corrected chi connectivity index (χ2v) is 5.58. The van der Waals surface area contributed by atoms with Crippen LogP contribution in [0.15, 0.2) is 23.3 Å². The highest BCUT2D eigenvalue weighted by molar-refractivity contribution is 5.75. The van der Waals surface area contributed by atoms with Crippen LogP contribution in [0.2, 0.25) is 0 Å². The number of amides is 2. The highest BCUT2D eigenvalue weighted by Gasteiger charge is 2.17. The number of nitrogens with zero attached hydrogens (tertiary/aromatic N) is 2. The first kappa shape index (κ1) is 14.3. The summed E-state index contributed by atoms with van der Waals surface area (Å²) in [5.74, 6) is 0. The number of aromatic nitrogens is 1. The molecule has 2 amide bonds. The molecule has 2 N–H and O–H groups in total. The minimum atomic E-state index is -0.374. The van der Waals surface area contributed by atoms with E-state index in [0.717, 1.165) is 4.73 Å². The van der Waals surface area contributed by atoms with Gasteiger partial charge in [0, 0.05) is 17.7 Å². The molecule has 0 unspecified atom stereocenters. The van der Waals surface area contributed by atoms with E-state index in [-0.39, 0.29) is 17.5 Å². The zero-order chi connectivity index (χ0) is 13.9. The first-order chi connectivity index (χ1) is 8.20. The van der Waals surface area contributed by atoms with Crippen LogP contribution in [-0.4, -0.2) is 22.0 Å². The van der Waals surface area contributed by atoms with E-state index in [1.165, 1.54) is 6.20 Å². The Hall–Kier alpha value is -1.78. The van der Waals surface area contributed by atoms with Gasteiger partial charge in [-0.1, -0.05) is 20.8 Å². The maximum absolute atomic E-state index is 11.5. The SMILES string of the molecule is CC(C)NC(=O)/N=c1\ccn(O)c(C(C)(C)C)c1. The number of nitrogens with one attached hydrogen (secondary N) is 1. The van der Waals surface area contributed by atoms with E-state index in [9.17, 15) is 10.0 Å². The Labute approximate surface area is 107 Å². The Morgan fingerprint density at radius 2 is 2.06 bits per heavy atom. The molecule has 0 aliphatic heterocycles. The Balaban J connectivity index is 3.13. The highest BCUT2D eigenvalue weighted by atomic mass is 16.5. The van der Waals surface area contributed by atoms with Crippen molar-refractivity contribution in [1.82, 2.24) is 10.0 Å². The molecule has 0 radical (unpaired) electrons. The van der Waals surface area contributed by atoms with E-state index < -0.39 is 0 Å². The van der Waals surface area contributed by atoms with Crippen LogP contribution in [0, 0.1) is 0 Å². The zero-order valence-electron chi connectivity index (χ0n) is 11.6. The first-order valence-corrected chi connectivity index (χ1v) is 5.98. The van der Waals surface area contributed by atoms with Crippen molar-refractivity contribution in [1.29, 1.82) is 0 Å². The topological polar surface area (TPSA) is 66.6 Å². The van der Waals surface area contributed by atoms with Gasteiger partial charge in [0.2, 0.25) is 0 Å². The van der Waals surface area contributed by atoms with E-state index in [1.54, 1.807) is 12.1 Å². The quantitative estimate of drug-likeness (QED) is 0.750. The molecule has 0 aliphatic carbocycles. The van der Waals surface area contributed by atoms with Gasteiger partial charge in [0.05, 0.1) is 11.1 Å². The summed E-state index contributed by atoms with van der Waals surface area (Å²) < 4.78 is 1.05. The number of hydrogen-bond acceptors (Lipinski definition) is 2. The van der Waals surface area contributed by atoms with Gasteiger partial charge in [-0.15, -0.1) is 0 Å². The molecule has 1 rings (SSSR count). The van der Waals surface area contributed by atoms with Crippen LogP contribution in [0.25, 0.3) is 0 Å². The smallest absolute Gasteiger partial charge is 0.341 e. The molecular weight excluding hydrogens is 230 g/mol. The molecule has 0 fully saturated rings. The van der Waals surface area contributed by atoms with Gasteiger partial charge in [-0.3, -0.25) is 0 Å². The van der Waals surface area contributed by atoms with Gasteiger partial charge in [-0.25, -0.2) is 4.79 Å². The van der Waals surface area contributed by atoms with Crippen molar-refractivity contribution in [2.75, 3.05) is 0 Å². The summed E-state index contributed by atoms with van der Waals surface area (Å²) in [7, 11) is 0. The average molecular weight is 251 g/mol. The molecule has 0 aliphatic rings. The summed E-state index contributed by atoms with van der Waals surface area (Å²) in [5, 5.41) is 12.9. The van der Waals surface area contributed by atoms with E-state index in [0.29, 0.717) is 11.1 Å². The predicted molar refractivity (Wildman–Crippen MR) is 69.5 cm³/mol. The van der Waals surface area contributed by atoms with Crippen molar-refractivity contribution in [2.45, 2.75) is 46.1 Å². The Bertz CT molecular complexity index is 496. The summed E-state index contributed by atoms with van der Waals surface area (Å²) in [5.41, 5.74) is 0.468. The lowest BCUT2D eigenvalue weighted by molar-refractivity contribution is 0.163. The van der Waals surface area contributed by atoms with Crippen LogP contribution in [-0.2, 0) is 5.41 Å². The number of carbonyl (C=O) groups is 1. The van der Waals surface area contributed by atoms with E-state index in [4.69, 9.17) is 0 Å². The minimum Gasteiger partial charge on any atom is -0.429 e. The molecule has 0 bridgehead atoms. The largest absolute Gasteiger partial charge is 0.429 e. The summed E-state index contributed by atoms with van der Waals surface area (Å²) in [4.78, 5) is 15.5. The maximum Gasteiger partial charge on any atom is 0.341 e. The van der Waals surface area contributed by atoms with Crippen molar-refractivity contribution >= 4 is 6.03 Å². The van der Waals surface area contributed by atoms with E-state index in [2.05, 4.69) is 10.3 Å². The lowest BCUT2D eigenvalue weighted by Gasteiger charge is -2.20. The molecule has 0 atom stereocenters. The molecule has 1 aromatic heterocycles. The normalized spacial score (nSPS) is 12.9. The fraction of sp³-hybridized carbons (Fsp3) is 0.538. The molecule has 0 saturated heterocycles. The predicted octanol–water partition coefficient (Wildman–Crippen LogP) is 2.04. The van der Waals surface area contributed by atoms with Gasteiger partial charge < -0.3 is 10.5 Å². The maximum atomic E-state index is 11.5. The highest BCUT2D eigenvalue weighted by Crippen LogP contribution is 2.19. The van der Waals surface area contributed by atoms with Crippen molar-refractivity contribution in [3.8, 4) is 0 Å². The minimum absolute atomic E-state index is 0.0508. The molecular formula is C13H21N3O2. The molecule has 0 saturated carbocycles. The molecule has 100 valence electrons. The van der Waals surface area contributed by atoms with Crippen molar-refractivity contribution < 1.29 is 10.0 Å². The van der Waals surface area contributed by atoms with Gasteiger partial charge >= 0.3 is 6.03 Å². The standard InChI is InChI=1S/C13H21N3O2/c1-9(2)14-12(17)15-10-6-7-16(18)11(8-10)13(3,4)5/h6-9,18H,1-5H3,(H,14,17)/b15-10+. The molecule has 1 heterocycles. The third-order valence-electron chi connectivity index (χ3n) is 2.33. The van der Waals surface area contributed by atoms with Crippen LogP contribution in [0.1, 0.15) is 40.3 Å². The van der Waals surface area contributed by atoms with Gasteiger partial charge in [0.1, 0.15) is 0 Å². The second-order valence-electron chi connectivity index (χ2n) is 5.58. The van der Waals surface area contributed by atoms with Crippen LogP contribution >= 0.6 is 0 Å². The van der Waals surface area contributed by atoms with Crippen molar-refractivity contribution in [3.05, 3.63) is 29.4 Å². The molecule has 18 heavy (non-hydrogen) atoms. The van der Waals surface area contributed by atoms with Crippen molar-refractivity contribution in [3.63, 3.8) is 0 Å². The van der Waals surface area contributed by atoms with Gasteiger partial charge in [0.15, 0.2) is 0 Å². The molecule has 0 spiro atoms. The fourth-order valence-electron chi connectivity index (χ4n) is 1.51. The summed E-state index contributed by atoms with van der Waals surface area (Å²) in [6.07, 6.45) is 1.49. The average Bonchev–Trinajstić information content (AvgIpc) is 2.17. The Morgan fingerprint density at radius 1 is 1.44 bits per heavy atom. The van der Waals surface area contributed by atoms with Crippen molar-refractivity contribution in [2.24, 2.45) is 4.99 Å². The Morgan fingerprint density at radius 3 is 2.56 bits per heavy atom. The third kappa shape index (κ3) is 3.91. The van der Waals surface area contributed by atoms with Crippen LogP contribution in [0.3, 0.4) is 0 Å². The number of hydrogen-bond donors (Lipinski definition) is 2. The van der Waals surface area contributed by atoms with Crippen LogP contribution < -0.4 is 10.7 Å². The molecule has 5 heteroatoms. The fourth-order valence-corrected chi connectivity index (χ4v) is 1.51. The first-order valence-electron chi connectivity index (χ1n) is 5.98. The molecule has 0 aromatic carbocycles. The summed E-state index contributed by atoms with van der Waals surface area (Å²) >= 11 is 0. The number of urea groups is 1. The van der Waals surface area contributed by atoms with Gasteiger partial charge in [0.25, 0.3) is 0 Å². The zero-order valence-corrected chi connectivity index (χ0v) is 11.6. The number of rotatable bonds is 1. The third-order valence-corrected chi connectivity index (χ3v) is 2.33. The molecule has 5 nitrogen and oxygen atoms in total. The van der Waals surface area contributed by atoms with Crippen LogP contribution in [0.5, 0.6) is 0 Å². The van der Waals surface area contributed by atoms with E-state index in [1.807, 2.05) is 34.6 Å². The second kappa shape index (κ2) is 5.25. The number of pyridine rings is 1. The monoisotopic (exact) mass is 251 g/mol. The number of carbonyl (C=O) groups excluding carboxylic acids is 1. The van der Waals surface area contributed by atoms with E-state index >= 15 is 0 Å². The van der Waals surface area contributed by atoms with Gasteiger partial charge in [-0.05, 0) is 26.0 Å². The molecule has 1 aromatic rings. The summed E-state index contributed by atoms with van der Waals surface area (Å²) in [6, 6.07) is 2.98. The Kier molecular flexibility index (Phi) is 4.16. The van der Waals surface area contributed by atoms with Gasteiger partial charge in [-0.2, -0.15) is 9.72 Å².